The van der Waals surface area contributed by atoms with Crippen LogP contribution in [-0.2, 0) is 5.41 Å². The molecule has 0 bridgehead atoms. The SMILES string of the molecule is CC1(C)c2ccccc2-c2cc3c4cc(-c5ccc6oc7cccc(-c8ccc9c(c8)c8ccccc8n9-c8ccccc8)c7c6c5)ccc4n(-c4nc(-c5ccccc5)nc(-c5ccccc5)n4)c3cc21. The van der Waals surface area contributed by atoms with Crippen LogP contribution in [0.15, 0.2) is 229 Å². The van der Waals surface area contributed by atoms with Crippen LogP contribution in [0.3, 0.4) is 0 Å². The molecule has 0 unspecified atom stereocenters. The molecule has 0 N–H and O–H groups in total. The molecule has 0 fully saturated rings. The van der Waals surface area contributed by atoms with Crippen LogP contribution in [0.25, 0.3) is 133 Å². The predicted molar refractivity (Wildman–Crippen MR) is 295 cm³/mol. The molecule has 0 atom stereocenters. The van der Waals surface area contributed by atoms with Crippen molar-refractivity contribution in [3.8, 4) is 67.8 Å². The number of rotatable bonds is 6. The van der Waals surface area contributed by atoms with Crippen molar-refractivity contribution < 1.29 is 4.42 Å². The highest BCUT2D eigenvalue weighted by Gasteiger charge is 2.36. The number of aromatic nitrogens is 5. The molecule has 0 saturated carbocycles. The van der Waals surface area contributed by atoms with Crippen molar-refractivity contribution in [3.05, 3.63) is 236 Å². The van der Waals surface area contributed by atoms with E-state index in [1.54, 1.807) is 0 Å². The van der Waals surface area contributed by atoms with Gasteiger partial charge in [-0.05, 0) is 117 Å². The van der Waals surface area contributed by atoms with E-state index in [-0.39, 0.29) is 5.41 Å². The van der Waals surface area contributed by atoms with Gasteiger partial charge in [0, 0.05) is 54.5 Å². The van der Waals surface area contributed by atoms with Crippen LogP contribution >= 0.6 is 0 Å². The number of fused-ring (bicyclic) bond motifs is 12. The van der Waals surface area contributed by atoms with Gasteiger partial charge in [-0.3, -0.25) is 4.57 Å². The van der Waals surface area contributed by atoms with Gasteiger partial charge in [0.2, 0.25) is 5.95 Å². The van der Waals surface area contributed by atoms with Crippen LogP contribution in [0.4, 0.5) is 0 Å². The minimum absolute atomic E-state index is 0.204. The summed E-state index contributed by atoms with van der Waals surface area (Å²) in [6.45, 7) is 4.67. The molecule has 1 aliphatic carbocycles. The Morgan fingerprint density at radius 1 is 0.347 bits per heavy atom. The highest BCUT2D eigenvalue weighted by atomic mass is 16.3. The summed E-state index contributed by atoms with van der Waals surface area (Å²) >= 11 is 0. The Bertz CT molecular complexity index is 4470. The van der Waals surface area contributed by atoms with E-state index < -0.39 is 0 Å². The van der Waals surface area contributed by atoms with Gasteiger partial charge in [0.05, 0.1) is 22.1 Å². The van der Waals surface area contributed by atoms with E-state index in [1.165, 1.54) is 44.1 Å². The summed E-state index contributed by atoms with van der Waals surface area (Å²) in [5, 5.41) is 6.89. The van der Waals surface area contributed by atoms with Gasteiger partial charge in [-0.2, -0.15) is 9.97 Å². The minimum atomic E-state index is -0.204. The maximum atomic E-state index is 6.65. The lowest BCUT2D eigenvalue weighted by Crippen LogP contribution is -2.15. The second-order valence-electron chi connectivity index (χ2n) is 19.6. The first-order chi connectivity index (χ1) is 35.4. The summed E-state index contributed by atoms with van der Waals surface area (Å²) in [6, 6.07) is 80.2. The van der Waals surface area contributed by atoms with Gasteiger partial charge in [0.15, 0.2) is 11.6 Å². The minimum Gasteiger partial charge on any atom is -0.456 e. The van der Waals surface area contributed by atoms with Crippen LogP contribution in [0, 0.1) is 0 Å². The van der Waals surface area contributed by atoms with Crippen molar-refractivity contribution in [3.63, 3.8) is 0 Å². The maximum absolute atomic E-state index is 6.65. The quantitative estimate of drug-likeness (QED) is 0.167. The third-order valence-electron chi connectivity index (χ3n) is 15.2. The van der Waals surface area contributed by atoms with Gasteiger partial charge in [0.25, 0.3) is 0 Å². The normalized spacial score (nSPS) is 13.0. The second kappa shape index (κ2) is 15.3. The molecule has 0 spiro atoms. The van der Waals surface area contributed by atoms with E-state index in [0.717, 1.165) is 82.8 Å². The zero-order valence-electron chi connectivity index (χ0n) is 39.5. The summed E-state index contributed by atoms with van der Waals surface area (Å²) in [6.07, 6.45) is 0. The van der Waals surface area contributed by atoms with Crippen LogP contribution in [0.2, 0.25) is 0 Å². The fourth-order valence-corrected chi connectivity index (χ4v) is 11.7. The van der Waals surface area contributed by atoms with E-state index in [0.29, 0.717) is 17.6 Å². The van der Waals surface area contributed by atoms with Gasteiger partial charge in [-0.15, -0.1) is 0 Å². The fraction of sp³-hybridized carbons (Fsp3) is 0.0455. The summed E-state index contributed by atoms with van der Waals surface area (Å²) < 4.78 is 11.3. The molecule has 338 valence electrons. The van der Waals surface area contributed by atoms with Crippen molar-refractivity contribution in [1.29, 1.82) is 0 Å². The predicted octanol–water partition coefficient (Wildman–Crippen LogP) is 16.9. The van der Waals surface area contributed by atoms with Gasteiger partial charge in [0.1, 0.15) is 11.2 Å². The molecule has 1 aliphatic rings. The third kappa shape index (κ3) is 5.99. The van der Waals surface area contributed by atoms with Crippen LogP contribution < -0.4 is 0 Å². The van der Waals surface area contributed by atoms with Crippen molar-refractivity contribution in [2.24, 2.45) is 0 Å². The van der Waals surface area contributed by atoms with Gasteiger partial charge < -0.3 is 8.98 Å². The number of furan rings is 1. The summed E-state index contributed by atoms with van der Waals surface area (Å²) in [5.41, 5.74) is 18.6. The first-order valence-corrected chi connectivity index (χ1v) is 24.6. The second-order valence-corrected chi connectivity index (χ2v) is 19.6. The van der Waals surface area contributed by atoms with Crippen molar-refractivity contribution >= 4 is 65.6 Å². The molecule has 0 aliphatic heterocycles. The molecule has 6 nitrogen and oxygen atoms in total. The van der Waals surface area contributed by atoms with Crippen molar-refractivity contribution in [2.45, 2.75) is 19.3 Å². The van der Waals surface area contributed by atoms with E-state index in [9.17, 15) is 0 Å². The Labute approximate surface area is 414 Å². The molecule has 10 aromatic carbocycles. The Balaban J connectivity index is 0.933. The van der Waals surface area contributed by atoms with Crippen LogP contribution in [0.5, 0.6) is 0 Å². The molecule has 4 aromatic heterocycles. The Morgan fingerprint density at radius 3 is 1.68 bits per heavy atom. The molecular formula is C66H43N5O. The summed E-state index contributed by atoms with van der Waals surface area (Å²) in [5.74, 6) is 1.82. The Hall–Kier alpha value is -9.39. The molecule has 14 aromatic rings. The molecule has 72 heavy (non-hydrogen) atoms. The van der Waals surface area contributed by atoms with E-state index in [4.69, 9.17) is 19.4 Å². The Kier molecular flexibility index (Phi) is 8.61. The maximum Gasteiger partial charge on any atom is 0.238 e. The largest absolute Gasteiger partial charge is 0.456 e. The molecule has 0 amide bonds. The summed E-state index contributed by atoms with van der Waals surface area (Å²) in [4.78, 5) is 15.6. The number of benzene rings is 10. The van der Waals surface area contributed by atoms with E-state index in [2.05, 4.69) is 211 Å². The lowest BCUT2D eigenvalue weighted by Gasteiger charge is -2.21. The van der Waals surface area contributed by atoms with E-state index in [1.807, 2.05) is 36.4 Å². The monoisotopic (exact) mass is 921 g/mol. The number of para-hydroxylation sites is 2. The summed E-state index contributed by atoms with van der Waals surface area (Å²) in [7, 11) is 0. The topological polar surface area (TPSA) is 61.7 Å². The highest BCUT2D eigenvalue weighted by Crippen LogP contribution is 2.51. The van der Waals surface area contributed by atoms with Crippen molar-refractivity contribution in [1.82, 2.24) is 24.1 Å². The van der Waals surface area contributed by atoms with Gasteiger partial charge in [-0.25, -0.2) is 4.98 Å². The third-order valence-corrected chi connectivity index (χ3v) is 15.2. The molecular weight excluding hydrogens is 879 g/mol. The van der Waals surface area contributed by atoms with Gasteiger partial charge in [-0.1, -0.05) is 166 Å². The smallest absolute Gasteiger partial charge is 0.238 e. The zero-order chi connectivity index (χ0) is 47.7. The molecule has 6 heteroatoms. The lowest BCUT2D eigenvalue weighted by atomic mass is 9.82. The molecule has 0 radical (unpaired) electrons. The van der Waals surface area contributed by atoms with Crippen molar-refractivity contribution in [2.75, 3.05) is 0 Å². The standard InChI is InChI=1S/C66H43N5O/c1-66(2)54-26-14-12-23-47(54)49-38-52-51-35-42(29-32-58(51)71(59(52)39-55(49)66)65-68-63(40-17-6-3-7-18-40)67-64(69-65)41-19-8-4-9-20-41)43-31-34-60-53(36-43)62-46(25-16-28-61(62)72-60)44-30-33-57-50(37-44)48-24-13-15-27-56(48)70(57)45-21-10-5-11-22-45/h3-39H,1-2H3. The van der Waals surface area contributed by atoms with E-state index >= 15 is 0 Å². The lowest BCUT2D eigenvalue weighted by molar-refractivity contribution is 0.661. The van der Waals surface area contributed by atoms with Crippen LogP contribution in [-0.4, -0.2) is 24.1 Å². The number of hydrogen-bond donors (Lipinski definition) is 0. The molecule has 15 rings (SSSR count). The molecule has 4 heterocycles. The van der Waals surface area contributed by atoms with Crippen LogP contribution in [0.1, 0.15) is 25.0 Å². The highest BCUT2D eigenvalue weighted by molar-refractivity contribution is 6.17. The fourth-order valence-electron chi connectivity index (χ4n) is 11.7. The zero-order valence-corrected chi connectivity index (χ0v) is 39.5. The number of nitrogens with zero attached hydrogens (tertiary/aromatic N) is 5. The first-order valence-electron chi connectivity index (χ1n) is 24.6. The molecule has 0 saturated heterocycles. The first kappa shape index (κ1) is 40.5. The average Bonchev–Trinajstić information content (AvgIpc) is 4.15. The average molecular weight is 922 g/mol. The Morgan fingerprint density at radius 2 is 0.917 bits per heavy atom. The number of hydrogen-bond acceptors (Lipinski definition) is 4. The van der Waals surface area contributed by atoms with Gasteiger partial charge >= 0.3 is 0 Å².